The van der Waals surface area contributed by atoms with E-state index in [4.69, 9.17) is 5.73 Å². The third kappa shape index (κ3) is 2.95. The van der Waals surface area contributed by atoms with Crippen LogP contribution in [-0.2, 0) is 0 Å². The maximum absolute atomic E-state index is 11.9. The normalized spacial score (nSPS) is 27.8. The fourth-order valence-electron chi connectivity index (χ4n) is 1.26. The fourth-order valence-corrected chi connectivity index (χ4v) is 2.56. The third-order valence-electron chi connectivity index (χ3n) is 1.95. The molecule has 2 atom stereocenters. The van der Waals surface area contributed by atoms with Crippen molar-refractivity contribution in [3.05, 3.63) is 0 Å². The van der Waals surface area contributed by atoms with Gasteiger partial charge in [0.1, 0.15) is 0 Å². The minimum absolute atomic E-state index is 0.434. The molecule has 1 heterocycles. The Morgan fingerprint density at radius 1 is 1.55 bits per heavy atom. The van der Waals surface area contributed by atoms with Crippen molar-refractivity contribution in [3.63, 3.8) is 0 Å². The summed E-state index contributed by atoms with van der Waals surface area (Å²) in [6.07, 6.45) is -0.795. The molecule has 1 fully saturated rings. The summed E-state index contributed by atoms with van der Waals surface area (Å²) in [7, 11) is 0. The van der Waals surface area contributed by atoms with Gasteiger partial charge in [0.2, 0.25) is 0 Å². The van der Waals surface area contributed by atoms with Gasteiger partial charge in [0.25, 0.3) is 6.43 Å². The van der Waals surface area contributed by atoms with Crippen molar-refractivity contribution in [1.29, 1.82) is 0 Å². The topological polar surface area (TPSA) is 26.0 Å². The van der Waals surface area contributed by atoms with Crippen LogP contribution in [0.3, 0.4) is 0 Å². The first kappa shape index (κ1) is 9.26. The van der Waals surface area contributed by atoms with Gasteiger partial charge in [-0.15, -0.1) is 0 Å². The highest BCUT2D eigenvalue weighted by atomic mass is 32.2. The molecule has 0 bridgehead atoms. The second kappa shape index (κ2) is 4.26. The Labute approximate surface area is 69.7 Å². The molecular formula is C7H13F2NS. The lowest BCUT2D eigenvalue weighted by atomic mass is 10.0. The SMILES string of the molecule is NC(CC1CCSC1)C(F)F. The van der Waals surface area contributed by atoms with E-state index in [0.29, 0.717) is 12.3 Å². The zero-order chi connectivity index (χ0) is 8.27. The lowest BCUT2D eigenvalue weighted by Crippen LogP contribution is -2.31. The van der Waals surface area contributed by atoms with Crippen LogP contribution in [0.25, 0.3) is 0 Å². The van der Waals surface area contributed by atoms with Crippen LogP contribution >= 0.6 is 11.8 Å². The number of thioether (sulfide) groups is 1. The van der Waals surface area contributed by atoms with E-state index in [1.54, 1.807) is 0 Å². The average molecular weight is 181 g/mol. The van der Waals surface area contributed by atoms with E-state index in [1.807, 2.05) is 11.8 Å². The first-order valence-electron chi connectivity index (χ1n) is 3.81. The van der Waals surface area contributed by atoms with Crippen LogP contribution < -0.4 is 5.73 Å². The Hall–Kier alpha value is 0.170. The molecule has 0 amide bonds. The number of alkyl halides is 2. The summed E-state index contributed by atoms with van der Waals surface area (Å²) in [5.74, 6) is 2.56. The lowest BCUT2D eigenvalue weighted by Gasteiger charge is -2.14. The third-order valence-corrected chi connectivity index (χ3v) is 3.18. The quantitative estimate of drug-likeness (QED) is 0.717. The van der Waals surface area contributed by atoms with Crippen molar-refractivity contribution in [1.82, 2.24) is 0 Å². The Kier molecular flexibility index (Phi) is 3.59. The molecule has 2 unspecified atom stereocenters. The highest BCUT2D eigenvalue weighted by Gasteiger charge is 2.23. The second-order valence-electron chi connectivity index (χ2n) is 2.96. The minimum Gasteiger partial charge on any atom is -0.323 e. The number of hydrogen-bond donors (Lipinski definition) is 1. The molecule has 1 aliphatic heterocycles. The largest absolute Gasteiger partial charge is 0.323 e. The standard InChI is InChI=1S/C7H13F2NS/c8-7(9)6(10)3-5-1-2-11-4-5/h5-7H,1-4,10H2. The van der Waals surface area contributed by atoms with Crippen LogP contribution in [0.2, 0.25) is 0 Å². The zero-order valence-corrected chi connectivity index (χ0v) is 7.12. The number of halogens is 2. The Bertz CT molecular complexity index is 115. The van der Waals surface area contributed by atoms with Gasteiger partial charge in [0.15, 0.2) is 0 Å². The molecule has 1 nitrogen and oxygen atoms in total. The first-order chi connectivity index (χ1) is 5.20. The summed E-state index contributed by atoms with van der Waals surface area (Å²) in [6.45, 7) is 0. The molecule has 4 heteroatoms. The Morgan fingerprint density at radius 2 is 2.27 bits per heavy atom. The van der Waals surface area contributed by atoms with Crippen LogP contribution in [0, 0.1) is 5.92 Å². The van der Waals surface area contributed by atoms with E-state index in [1.165, 1.54) is 0 Å². The maximum atomic E-state index is 11.9. The van der Waals surface area contributed by atoms with Crippen LogP contribution in [0.5, 0.6) is 0 Å². The molecule has 1 rings (SSSR count). The lowest BCUT2D eigenvalue weighted by molar-refractivity contribution is 0.105. The monoisotopic (exact) mass is 181 g/mol. The van der Waals surface area contributed by atoms with Gasteiger partial charge in [-0.05, 0) is 30.3 Å². The molecule has 0 aromatic carbocycles. The van der Waals surface area contributed by atoms with E-state index in [2.05, 4.69) is 0 Å². The molecule has 2 N–H and O–H groups in total. The number of nitrogens with two attached hydrogens (primary N) is 1. The summed E-state index contributed by atoms with van der Waals surface area (Å²) in [4.78, 5) is 0. The first-order valence-corrected chi connectivity index (χ1v) is 4.97. The molecule has 1 aliphatic rings. The second-order valence-corrected chi connectivity index (χ2v) is 4.11. The molecular weight excluding hydrogens is 168 g/mol. The van der Waals surface area contributed by atoms with E-state index < -0.39 is 12.5 Å². The molecule has 0 aliphatic carbocycles. The van der Waals surface area contributed by atoms with Crippen molar-refractivity contribution >= 4 is 11.8 Å². The molecule has 0 aromatic rings. The summed E-state index contributed by atoms with van der Waals surface area (Å²) in [6, 6.07) is -0.904. The summed E-state index contributed by atoms with van der Waals surface area (Å²) >= 11 is 1.84. The van der Waals surface area contributed by atoms with Gasteiger partial charge >= 0.3 is 0 Å². The van der Waals surface area contributed by atoms with Crippen LogP contribution in [0.1, 0.15) is 12.8 Å². The average Bonchev–Trinajstić information content (AvgIpc) is 2.39. The van der Waals surface area contributed by atoms with Crippen LogP contribution in [0.15, 0.2) is 0 Å². The number of rotatable bonds is 3. The van der Waals surface area contributed by atoms with E-state index >= 15 is 0 Å². The molecule has 0 aromatic heterocycles. The van der Waals surface area contributed by atoms with Crippen molar-refractivity contribution in [2.45, 2.75) is 25.3 Å². The van der Waals surface area contributed by atoms with Crippen LogP contribution in [-0.4, -0.2) is 24.0 Å². The predicted molar refractivity (Wildman–Crippen MR) is 44.0 cm³/mol. The summed E-state index contributed by atoms with van der Waals surface area (Å²) < 4.78 is 23.9. The molecule has 0 radical (unpaired) electrons. The van der Waals surface area contributed by atoms with Gasteiger partial charge in [-0.25, -0.2) is 8.78 Å². The number of hydrogen-bond acceptors (Lipinski definition) is 2. The summed E-state index contributed by atoms with van der Waals surface area (Å²) in [5, 5.41) is 0. The highest BCUT2D eigenvalue weighted by Crippen LogP contribution is 2.27. The van der Waals surface area contributed by atoms with Crippen molar-refractivity contribution in [2.24, 2.45) is 11.7 Å². The van der Waals surface area contributed by atoms with Gasteiger partial charge in [-0.3, -0.25) is 0 Å². The minimum atomic E-state index is -2.35. The van der Waals surface area contributed by atoms with E-state index in [0.717, 1.165) is 17.9 Å². The predicted octanol–water partition coefficient (Wildman–Crippen LogP) is 1.72. The van der Waals surface area contributed by atoms with Crippen molar-refractivity contribution in [3.8, 4) is 0 Å². The molecule has 1 saturated heterocycles. The van der Waals surface area contributed by atoms with Crippen LogP contribution in [0.4, 0.5) is 8.78 Å². The molecule has 0 spiro atoms. The van der Waals surface area contributed by atoms with Gasteiger partial charge < -0.3 is 5.73 Å². The molecule has 0 saturated carbocycles. The maximum Gasteiger partial charge on any atom is 0.253 e. The smallest absolute Gasteiger partial charge is 0.253 e. The van der Waals surface area contributed by atoms with Crippen molar-refractivity contribution < 1.29 is 8.78 Å². The highest BCUT2D eigenvalue weighted by molar-refractivity contribution is 7.99. The van der Waals surface area contributed by atoms with Gasteiger partial charge in [0.05, 0.1) is 6.04 Å². The summed E-state index contributed by atoms with van der Waals surface area (Å²) in [5.41, 5.74) is 5.24. The molecule has 11 heavy (non-hydrogen) atoms. The van der Waals surface area contributed by atoms with Gasteiger partial charge in [-0.2, -0.15) is 11.8 Å². The van der Waals surface area contributed by atoms with E-state index in [-0.39, 0.29) is 0 Å². The van der Waals surface area contributed by atoms with E-state index in [9.17, 15) is 8.78 Å². The van der Waals surface area contributed by atoms with Gasteiger partial charge in [-0.1, -0.05) is 0 Å². The Morgan fingerprint density at radius 3 is 2.73 bits per heavy atom. The zero-order valence-electron chi connectivity index (χ0n) is 6.30. The Balaban J connectivity index is 2.18. The van der Waals surface area contributed by atoms with Crippen molar-refractivity contribution in [2.75, 3.05) is 11.5 Å². The molecule has 66 valence electrons. The fraction of sp³-hybridized carbons (Fsp3) is 1.00. The van der Waals surface area contributed by atoms with Gasteiger partial charge in [0, 0.05) is 0 Å².